The van der Waals surface area contributed by atoms with Gasteiger partial charge in [0.05, 0.1) is 44.1 Å². The van der Waals surface area contributed by atoms with Crippen molar-refractivity contribution in [3.63, 3.8) is 0 Å². The summed E-state index contributed by atoms with van der Waals surface area (Å²) in [6, 6.07) is 9.52. The molecule has 0 amide bonds. The Balaban J connectivity index is 1.69. The predicted octanol–water partition coefficient (Wildman–Crippen LogP) is 2.93. The molecule has 26 heavy (non-hydrogen) atoms. The first-order valence-corrected chi connectivity index (χ1v) is 10.3. The van der Waals surface area contributed by atoms with E-state index < -0.39 is 0 Å². The minimum Gasteiger partial charge on any atom is -0.469 e. The number of methoxy groups -OCH3 is 1. The Morgan fingerprint density at radius 2 is 2.08 bits per heavy atom. The molecule has 3 aliphatic heterocycles. The molecule has 4 heteroatoms. The van der Waals surface area contributed by atoms with Gasteiger partial charge in [-0.1, -0.05) is 25.1 Å². The number of quaternary nitrogens is 1. The maximum Gasteiger partial charge on any atom is 0.311 e. The molecule has 4 nitrogen and oxygen atoms in total. The standard InChI is InChI=1S/C22H29N2O2/c1-14-20-9-6-11-24(2)12-10-21(19(20)24)15-7-4-5-8-17(15)23-22(14,21)16(13-20)18(25)26-3/h4-5,7-8,14,16,19,23H,6,9-13H2,1-3H3/q+1/t14-,16+,19+,20+,21-,22-,24+/m1/s1. The van der Waals surface area contributed by atoms with E-state index in [0.717, 1.165) is 6.42 Å². The van der Waals surface area contributed by atoms with Crippen molar-refractivity contribution in [2.45, 2.75) is 49.6 Å². The summed E-state index contributed by atoms with van der Waals surface area (Å²) in [6.45, 7) is 4.98. The van der Waals surface area contributed by atoms with Crippen LogP contribution in [0.1, 0.15) is 38.2 Å². The Morgan fingerprint density at radius 3 is 2.88 bits per heavy atom. The lowest BCUT2D eigenvalue weighted by atomic mass is 9.56. The molecule has 1 aromatic carbocycles. The van der Waals surface area contributed by atoms with Crippen molar-refractivity contribution in [1.29, 1.82) is 0 Å². The number of esters is 1. The maximum absolute atomic E-state index is 13.0. The Bertz CT molecular complexity index is 839. The molecule has 3 heterocycles. The van der Waals surface area contributed by atoms with Crippen molar-refractivity contribution < 1.29 is 14.0 Å². The number of fused-ring (bicyclic) bond motifs is 1. The number of carbonyl (C=O) groups is 1. The number of hydrogen-bond donors (Lipinski definition) is 1. The van der Waals surface area contributed by atoms with E-state index in [4.69, 9.17) is 4.74 Å². The molecule has 7 atom stereocenters. The second kappa shape index (κ2) is 4.30. The van der Waals surface area contributed by atoms with Crippen LogP contribution < -0.4 is 5.32 Å². The van der Waals surface area contributed by atoms with Crippen LogP contribution in [0.5, 0.6) is 0 Å². The van der Waals surface area contributed by atoms with Crippen molar-refractivity contribution in [1.82, 2.24) is 0 Å². The van der Waals surface area contributed by atoms with Crippen LogP contribution in [0, 0.1) is 17.3 Å². The van der Waals surface area contributed by atoms with Crippen LogP contribution in [-0.2, 0) is 14.9 Å². The lowest BCUT2D eigenvalue weighted by molar-refractivity contribution is -0.936. The summed E-state index contributed by atoms with van der Waals surface area (Å²) < 4.78 is 6.56. The van der Waals surface area contributed by atoms with Gasteiger partial charge >= 0.3 is 5.97 Å². The number of piperidine rings is 1. The summed E-state index contributed by atoms with van der Waals surface area (Å²) in [7, 11) is 4.06. The maximum atomic E-state index is 13.0. The number of benzene rings is 1. The Labute approximate surface area is 155 Å². The van der Waals surface area contributed by atoms with Crippen molar-refractivity contribution in [2.24, 2.45) is 17.3 Å². The first kappa shape index (κ1) is 15.5. The summed E-state index contributed by atoms with van der Waals surface area (Å²) in [5, 5.41) is 3.99. The summed E-state index contributed by atoms with van der Waals surface area (Å²) in [5.41, 5.74) is 2.92. The van der Waals surface area contributed by atoms with E-state index in [1.54, 1.807) is 7.11 Å². The van der Waals surface area contributed by atoms with Gasteiger partial charge in [-0.3, -0.25) is 4.79 Å². The van der Waals surface area contributed by atoms with E-state index in [-0.39, 0.29) is 28.3 Å². The third-order valence-corrected chi connectivity index (χ3v) is 9.62. The molecule has 4 fully saturated rings. The summed E-state index contributed by atoms with van der Waals surface area (Å²) in [5.74, 6) is 0.462. The Kier molecular flexibility index (Phi) is 2.56. The molecule has 5 aliphatic rings. The fourth-order valence-electron chi connectivity index (χ4n) is 9.19. The average Bonchev–Trinajstić information content (AvgIpc) is 3.27. The highest BCUT2D eigenvalue weighted by Gasteiger charge is 2.89. The Hall–Kier alpha value is -1.55. The van der Waals surface area contributed by atoms with Crippen LogP contribution in [0.25, 0.3) is 0 Å². The molecule has 138 valence electrons. The summed E-state index contributed by atoms with van der Waals surface area (Å²) >= 11 is 0. The molecule has 0 unspecified atom stereocenters. The minimum atomic E-state index is -0.172. The number of nitrogens with zero attached hydrogens (tertiary/aromatic N) is 1. The van der Waals surface area contributed by atoms with Gasteiger partial charge in [-0.15, -0.1) is 0 Å². The molecular formula is C22H29N2O2+. The average molecular weight is 353 g/mol. The Morgan fingerprint density at radius 1 is 1.27 bits per heavy atom. The molecular weight excluding hydrogens is 324 g/mol. The fourth-order valence-corrected chi connectivity index (χ4v) is 9.19. The zero-order valence-electron chi connectivity index (χ0n) is 16.0. The van der Waals surface area contributed by atoms with Crippen LogP contribution in [0.4, 0.5) is 5.69 Å². The number of nitrogens with one attached hydrogen (secondary N) is 1. The molecule has 1 aromatic rings. The zero-order chi connectivity index (χ0) is 17.9. The van der Waals surface area contributed by atoms with E-state index in [2.05, 4.69) is 43.6 Å². The van der Waals surface area contributed by atoms with Gasteiger partial charge in [-0.05, 0) is 36.8 Å². The van der Waals surface area contributed by atoms with Crippen LogP contribution in [0.2, 0.25) is 0 Å². The highest BCUT2D eigenvalue weighted by Crippen LogP contribution is 2.80. The van der Waals surface area contributed by atoms with Gasteiger partial charge < -0.3 is 14.5 Å². The van der Waals surface area contributed by atoms with Gasteiger partial charge in [0, 0.05) is 17.5 Å². The van der Waals surface area contributed by atoms with E-state index in [0.29, 0.717) is 12.0 Å². The number of rotatable bonds is 1. The van der Waals surface area contributed by atoms with Crippen LogP contribution in [0.15, 0.2) is 24.3 Å². The van der Waals surface area contributed by atoms with E-state index >= 15 is 0 Å². The van der Waals surface area contributed by atoms with E-state index in [1.807, 2.05) is 0 Å². The quantitative estimate of drug-likeness (QED) is 0.623. The topological polar surface area (TPSA) is 38.3 Å². The lowest BCUT2D eigenvalue weighted by Crippen LogP contribution is -2.67. The molecule has 2 saturated heterocycles. The number of anilines is 1. The lowest BCUT2D eigenvalue weighted by Gasteiger charge is -2.54. The predicted molar refractivity (Wildman–Crippen MR) is 99.8 cm³/mol. The second-order valence-electron chi connectivity index (χ2n) is 9.93. The van der Waals surface area contributed by atoms with Crippen molar-refractivity contribution in [3.8, 4) is 0 Å². The monoisotopic (exact) mass is 353 g/mol. The van der Waals surface area contributed by atoms with Gasteiger partial charge in [-0.25, -0.2) is 0 Å². The van der Waals surface area contributed by atoms with Crippen molar-refractivity contribution >= 4 is 11.7 Å². The minimum absolute atomic E-state index is 0.00136. The van der Waals surface area contributed by atoms with Gasteiger partial charge in [-0.2, -0.15) is 0 Å². The molecule has 0 radical (unpaired) electrons. The largest absolute Gasteiger partial charge is 0.469 e. The third kappa shape index (κ3) is 1.24. The number of hydrogen-bond acceptors (Lipinski definition) is 3. The van der Waals surface area contributed by atoms with Crippen molar-refractivity contribution in [3.05, 3.63) is 29.8 Å². The third-order valence-electron chi connectivity index (χ3n) is 9.62. The SMILES string of the molecule is COC(=O)[C@@H]1C[C@@]23CCC[N@@+]4(C)CC[C@@]5(c6ccccc6N[C@]15[C@@H]2C)[C@H]34. The van der Waals surface area contributed by atoms with Gasteiger partial charge in [0.1, 0.15) is 6.04 Å². The van der Waals surface area contributed by atoms with E-state index in [9.17, 15) is 4.79 Å². The number of para-hydroxylation sites is 1. The molecule has 3 spiro atoms. The number of carbonyl (C=O) groups excluding carboxylic acids is 1. The zero-order valence-corrected chi connectivity index (χ0v) is 16.0. The molecule has 1 N–H and O–H groups in total. The van der Waals surface area contributed by atoms with Crippen LogP contribution >= 0.6 is 0 Å². The van der Waals surface area contributed by atoms with Gasteiger partial charge in [0.25, 0.3) is 0 Å². The van der Waals surface area contributed by atoms with Crippen LogP contribution in [-0.4, -0.2) is 49.3 Å². The number of likely N-dealkylation sites (N-methyl/N-ethyl adjacent to an activating group) is 1. The second-order valence-corrected chi connectivity index (χ2v) is 9.93. The normalized spacial score (nSPS) is 52.2. The highest BCUT2D eigenvalue weighted by atomic mass is 16.5. The van der Waals surface area contributed by atoms with Gasteiger partial charge in [0.15, 0.2) is 0 Å². The fraction of sp³-hybridized carbons (Fsp3) is 0.682. The summed E-state index contributed by atoms with van der Waals surface area (Å²) in [4.78, 5) is 13.0. The van der Waals surface area contributed by atoms with Crippen molar-refractivity contribution in [2.75, 3.05) is 32.6 Å². The molecule has 2 bridgehead atoms. The summed E-state index contributed by atoms with van der Waals surface area (Å²) in [6.07, 6.45) is 4.76. The highest BCUT2D eigenvalue weighted by molar-refractivity contribution is 5.82. The first-order chi connectivity index (χ1) is 12.5. The first-order valence-electron chi connectivity index (χ1n) is 10.3. The van der Waals surface area contributed by atoms with Crippen LogP contribution in [0.3, 0.4) is 0 Å². The van der Waals surface area contributed by atoms with Gasteiger partial charge in [0.2, 0.25) is 0 Å². The smallest absolute Gasteiger partial charge is 0.311 e. The molecule has 2 saturated carbocycles. The number of ether oxygens (including phenoxy) is 1. The molecule has 6 rings (SSSR count). The molecule has 0 aromatic heterocycles. The molecule has 2 aliphatic carbocycles. The van der Waals surface area contributed by atoms with E-state index in [1.165, 1.54) is 48.1 Å².